The highest BCUT2D eigenvalue weighted by molar-refractivity contribution is 6.14. The van der Waals surface area contributed by atoms with Gasteiger partial charge in [0.2, 0.25) is 0 Å². The molecule has 2 aromatic rings. The van der Waals surface area contributed by atoms with E-state index in [4.69, 9.17) is 0 Å². The van der Waals surface area contributed by atoms with Gasteiger partial charge in [0, 0.05) is 42.2 Å². The molecule has 3 rings (SSSR count). The Hall–Kier alpha value is -2.66. The van der Waals surface area contributed by atoms with Crippen molar-refractivity contribution in [2.45, 2.75) is 0 Å². The monoisotopic (exact) mass is 326 g/mol. The summed E-state index contributed by atoms with van der Waals surface area (Å²) in [5.41, 5.74) is 1.94. The summed E-state index contributed by atoms with van der Waals surface area (Å²) in [4.78, 5) is 18.7. The van der Waals surface area contributed by atoms with Crippen molar-refractivity contribution < 1.29 is 13.6 Å². The summed E-state index contributed by atoms with van der Waals surface area (Å²) in [6, 6.07) is 7.59. The van der Waals surface area contributed by atoms with Crippen molar-refractivity contribution in [3.8, 4) is 0 Å². The molecule has 1 aromatic carbocycles. The van der Waals surface area contributed by atoms with E-state index in [-0.39, 0.29) is 11.3 Å². The second-order valence-corrected chi connectivity index (χ2v) is 5.77. The number of rotatable bonds is 2. The Kier molecular flexibility index (Phi) is 4.62. The number of hydrogen-bond acceptors (Lipinski definition) is 3. The Morgan fingerprint density at radius 1 is 1.08 bits per heavy atom. The third-order valence-electron chi connectivity index (χ3n) is 3.80. The van der Waals surface area contributed by atoms with Crippen molar-refractivity contribution >= 4 is 17.9 Å². The topological polar surface area (TPSA) is 33.2 Å². The Morgan fingerprint density at radius 2 is 1.83 bits per heavy atom. The van der Waals surface area contributed by atoms with Gasteiger partial charge in [-0.2, -0.15) is 0 Å². The average molecular weight is 326 g/mol. The van der Waals surface area contributed by atoms with Gasteiger partial charge in [0.05, 0.1) is 0 Å². The molecule has 1 fully saturated rings. The van der Waals surface area contributed by atoms with Gasteiger partial charge < -0.3 is 0 Å². The molecule has 0 spiro atoms. The molecule has 0 N–H and O–H groups in total. The quantitative estimate of drug-likeness (QED) is 0.794. The van der Waals surface area contributed by atoms with Crippen molar-refractivity contribution in [2.24, 2.45) is 0 Å². The van der Waals surface area contributed by atoms with E-state index in [9.17, 15) is 13.6 Å². The first kappa shape index (κ1) is 16.2. The molecule has 5 heteroatoms. The summed E-state index contributed by atoms with van der Waals surface area (Å²) >= 11 is 0. The fourth-order valence-electron chi connectivity index (χ4n) is 2.69. The van der Waals surface area contributed by atoms with Crippen LogP contribution >= 0.6 is 0 Å². The van der Waals surface area contributed by atoms with E-state index in [1.54, 1.807) is 24.5 Å². The first-order valence-electron chi connectivity index (χ1n) is 7.53. The molecule has 0 atom stereocenters. The van der Waals surface area contributed by atoms with E-state index in [0.717, 1.165) is 11.6 Å². The number of ketones is 1. The molecular formula is C19H16F2N2O. The van der Waals surface area contributed by atoms with Gasteiger partial charge in [-0.15, -0.1) is 0 Å². The molecular weight excluding hydrogens is 310 g/mol. The number of likely N-dealkylation sites (N-methyl/N-ethyl adjacent to an activating group) is 1. The minimum absolute atomic E-state index is 0.0781. The van der Waals surface area contributed by atoms with Gasteiger partial charge in [-0.1, -0.05) is 18.2 Å². The smallest absolute Gasteiger partial charge is 0.187 e. The molecule has 24 heavy (non-hydrogen) atoms. The first-order valence-corrected chi connectivity index (χ1v) is 7.53. The van der Waals surface area contributed by atoms with Gasteiger partial charge in [0.25, 0.3) is 0 Å². The highest BCUT2D eigenvalue weighted by Gasteiger charge is 2.24. The predicted octanol–water partition coefficient (Wildman–Crippen LogP) is 3.34. The highest BCUT2D eigenvalue weighted by Crippen LogP contribution is 2.22. The minimum atomic E-state index is -0.941. The van der Waals surface area contributed by atoms with Crippen LogP contribution in [0.3, 0.4) is 0 Å². The molecule has 3 nitrogen and oxygen atoms in total. The number of halogens is 2. The van der Waals surface area contributed by atoms with E-state index in [2.05, 4.69) is 4.98 Å². The van der Waals surface area contributed by atoms with Gasteiger partial charge in [-0.05, 0) is 36.9 Å². The third kappa shape index (κ3) is 3.46. The maximum Gasteiger partial charge on any atom is 0.187 e. The molecule has 0 aliphatic carbocycles. The highest BCUT2D eigenvalue weighted by atomic mass is 19.2. The van der Waals surface area contributed by atoms with Crippen LogP contribution < -0.4 is 0 Å². The molecule has 1 aliphatic heterocycles. The van der Waals surface area contributed by atoms with Crippen molar-refractivity contribution in [1.29, 1.82) is 0 Å². The lowest BCUT2D eigenvalue weighted by atomic mass is 9.95. The summed E-state index contributed by atoms with van der Waals surface area (Å²) in [7, 11) is 1.87. The Morgan fingerprint density at radius 3 is 2.54 bits per heavy atom. The number of likely N-dealkylation sites (tertiary alicyclic amines) is 1. The first-order chi connectivity index (χ1) is 11.5. The van der Waals surface area contributed by atoms with E-state index in [0.29, 0.717) is 24.2 Å². The molecule has 1 aromatic heterocycles. The number of carbonyl (C=O) groups excluding carboxylic acids is 1. The zero-order valence-corrected chi connectivity index (χ0v) is 13.2. The number of nitrogens with zero attached hydrogens (tertiary/aromatic N) is 2. The van der Waals surface area contributed by atoms with Crippen molar-refractivity contribution in [3.05, 3.63) is 76.6 Å². The molecule has 0 radical (unpaired) electrons. The summed E-state index contributed by atoms with van der Waals surface area (Å²) in [6.45, 7) is 0.885. The van der Waals surface area contributed by atoms with Gasteiger partial charge >= 0.3 is 0 Å². The number of Topliss-reactive ketones (excluding diaryl/α,β-unsaturated/α-hetero) is 1. The number of carbonyl (C=O) groups is 1. The van der Waals surface area contributed by atoms with E-state index in [1.807, 2.05) is 18.0 Å². The average Bonchev–Trinajstić information content (AvgIpc) is 2.57. The van der Waals surface area contributed by atoms with Crippen LogP contribution in [-0.4, -0.2) is 35.8 Å². The van der Waals surface area contributed by atoms with Crippen LogP contribution in [0, 0.1) is 11.6 Å². The normalized spacial score (nSPS) is 19.2. The number of benzene rings is 1. The molecule has 1 saturated heterocycles. The number of hydrogen-bond donors (Lipinski definition) is 0. The zero-order chi connectivity index (χ0) is 17.1. The van der Waals surface area contributed by atoms with E-state index < -0.39 is 11.6 Å². The Balaban J connectivity index is 1.97. The van der Waals surface area contributed by atoms with Crippen LogP contribution in [0.15, 0.2) is 53.9 Å². The maximum atomic E-state index is 13.9. The van der Waals surface area contributed by atoms with E-state index in [1.165, 1.54) is 18.2 Å². The standard InChI is InChI=1S/C19H16F2N2O/c1-23-11-15(8-13-4-3-7-22-10-13)19(24)16(12-23)9-14-5-2-6-17(20)18(14)21/h2-10H,11-12H2,1H3/b15-8+,16-9+. The SMILES string of the molecule is CN1C/C(=C\c2cccnc2)C(=O)/C(=C/c2cccc(F)c2F)C1. The van der Waals surface area contributed by atoms with Gasteiger partial charge in [-0.3, -0.25) is 14.7 Å². The third-order valence-corrected chi connectivity index (χ3v) is 3.80. The van der Waals surface area contributed by atoms with Crippen LogP contribution in [0.5, 0.6) is 0 Å². The molecule has 0 bridgehead atoms. The number of pyridine rings is 1. The van der Waals surface area contributed by atoms with Crippen molar-refractivity contribution in [2.75, 3.05) is 20.1 Å². The van der Waals surface area contributed by atoms with Crippen LogP contribution in [0.1, 0.15) is 11.1 Å². The zero-order valence-electron chi connectivity index (χ0n) is 13.2. The van der Waals surface area contributed by atoms with Gasteiger partial charge in [0.15, 0.2) is 17.4 Å². The summed E-state index contributed by atoms with van der Waals surface area (Å²) in [5.74, 6) is -2.02. The molecule has 122 valence electrons. The fraction of sp³-hybridized carbons (Fsp3) is 0.158. The van der Waals surface area contributed by atoms with Gasteiger partial charge in [0.1, 0.15) is 0 Å². The summed E-state index contributed by atoms with van der Waals surface area (Å²) in [5, 5.41) is 0. The minimum Gasteiger partial charge on any atom is -0.298 e. The van der Waals surface area contributed by atoms with Crippen LogP contribution in [-0.2, 0) is 4.79 Å². The summed E-state index contributed by atoms with van der Waals surface area (Å²) in [6.07, 6.45) is 6.54. The lowest BCUT2D eigenvalue weighted by Crippen LogP contribution is -2.34. The second-order valence-electron chi connectivity index (χ2n) is 5.77. The molecule has 0 saturated carbocycles. The molecule has 1 aliphatic rings. The van der Waals surface area contributed by atoms with E-state index >= 15 is 0 Å². The molecule has 0 unspecified atom stereocenters. The molecule has 0 amide bonds. The lowest BCUT2D eigenvalue weighted by molar-refractivity contribution is -0.113. The van der Waals surface area contributed by atoms with Crippen LogP contribution in [0.25, 0.3) is 12.2 Å². The predicted molar refractivity (Wildman–Crippen MR) is 89.1 cm³/mol. The Labute approximate surface area is 138 Å². The summed E-state index contributed by atoms with van der Waals surface area (Å²) < 4.78 is 27.2. The largest absolute Gasteiger partial charge is 0.298 e. The van der Waals surface area contributed by atoms with Gasteiger partial charge in [-0.25, -0.2) is 8.78 Å². The maximum absolute atomic E-state index is 13.9. The fourth-order valence-corrected chi connectivity index (χ4v) is 2.69. The Bertz CT molecular complexity index is 829. The van der Waals surface area contributed by atoms with Crippen LogP contribution in [0.4, 0.5) is 8.78 Å². The second kappa shape index (κ2) is 6.84. The molecule has 2 heterocycles. The number of piperidine rings is 1. The lowest BCUT2D eigenvalue weighted by Gasteiger charge is -2.26. The van der Waals surface area contributed by atoms with Crippen molar-refractivity contribution in [3.63, 3.8) is 0 Å². The van der Waals surface area contributed by atoms with Crippen molar-refractivity contribution in [1.82, 2.24) is 9.88 Å². The van der Waals surface area contributed by atoms with Crippen LogP contribution in [0.2, 0.25) is 0 Å². The number of aromatic nitrogens is 1.